The lowest BCUT2D eigenvalue weighted by Gasteiger charge is -2.64. The molecular weight excluding hydrogens is 487 g/mol. The van der Waals surface area contributed by atoms with Gasteiger partial charge in [-0.25, -0.2) is 0 Å². The number of carbonyl (C=O) groups excluding carboxylic acids is 2. The van der Waals surface area contributed by atoms with E-state index in [-0.39, 0.29) is 46.7 Å². The van der Waals surface area contributed by atoms with Crippen molar-refractivity contribution in [1.29, 1.82) is 0 Å². The van der Waals surface area contributed by atoms with Crippen LogP contribution >= 0.6 is 0 Å². The summed E-state index contributed by atoms with van der Waals surface area (Å²) in [4.78, 5) is 27.5. The van der Waals surface area contributed by atoms with E-state index in [1.165, 1.54) is 12.0 Å². The molecule has 7 heteroatoms. The van der Waals surface area contributed by atoms with Crippen LogP contribution in [0.1, 0.15) is 104 Å². The minimum Gasteiger partial charge on any atom is -0.404 e. The minimum absolute atomic E-state index is 0.00557. The van der Waals surface area contributed by atoms with Gasteiger partial charge in [0.25, 0.3) is 0 Å². The molecule has 4 fully saturated rings. The number of rotatable bonds is 9. The summed E-state index contributed by atoms with van der Waals surface area (Å²) >= 11 is 0. The highest BCUT2D eigenvalue weighted by Crippen LogP contribution is 2.65. The fourth-order valence-corrected chi connectivity index (χ4v) is 8.07. The van der Waals surface area contributed by atoms with E-state index < -0.39 is 13.2 Å². The Bertz CT molecular complexity index is 1080. The van der Waals surface area contributed by atoms with E-state index in [9.17, 15) is 9.59 Å². The maximum absolute atomic E-state index is 13.9. The zero-order valence-electron chi connectivity index (χ0n) is 25.1. The standard InChI is InChI=1S/C32H49BN2O4/c1-8-20(4)28(35-29(36)24-15-11-13-21-12-9-10-14-23(21)24)30(37)34-27(16-19(2)3)33-38-26-18-22-17-25(31(22,5)6)32(26,7)39-33/h9-10,12,14,19-20,22,24-28H,8,11,13,15-18H2,1-7H3,(H,34,37)(H,35,36)/t20?,22?,24?,25?,26-,27+,28+,32-/m1/s1. The summed E-state index contributed by atoms with van der Waals surface area (Å²) in [7, 11) is -0.472. The van der Waals surface area contributed by atoms with Gasteiger partial charge in [-0.1, -0.05) is 72.2 Å². The van der Waals surface area contributed by atoms with Gasteiger partial charge in [0.15, 0.2) is 0 Å². The van der Waals surface area contributed by atoms with Gasteiger partial charge < -0.3 is 19.9 Å². The predicted octanol–water partition coefficient (Wildman–Crippen LogP) is 5.44. The van der Waals surface area contributed by atoms with Crippen LogP contribution in [0.25, 0.3) is 0 Å². The van der Waals surface area contributed by atoms with E-state index in [1.54, 1.807) is 0 Å². The molecule has 1 aliphatic heterocycles. The first kappa shape index (κ1) is 28.7. The van der Waals surface area contributed by atoms with Crippen LogP contribution in [0.4, 0.5) is 0 Å². The average Bonchev–Trinajstić information content (AvgIpc) is 3.27. The van der Waals surface area contributed by atoms with Gasteiger partial charge in [-0.15, -0.1) is 0 Å². The van der Waals surface area contributed by atoms with E-state index in [4.69, 9.17) is 9.31 Å². The van der Waals surface area contributed by atoms with E-state index in [0.29, 0.717) is 17.8 Å². The summed E-state index contributed by atoms with van der Waals surface area (Å²) in [5.74, 6) is 0.862. The van der Waals surface area contributed by atoms with Crippen molar-refractivity contribution in [1.82, 2.24) is 10.6 Å². The number of amides is 2. The number of benzene rings is 1. The quantitative estimate of drug-likeness (QED) is 0.413. The Hall–Kier alpha value is -1.86. The third-order valence-corrected chi connectivity index (χ3v) is 10.8. The summed E-state index contributed by atoms with van der Waals surface area (Å²) in [6.45, 7) is 15.4. The number of fused-ring (bicyclic) bond motifs is 1. The maximum atomic E-state index is 13.9. The molecule has 2 bridgehead atoms. The zero-order valence-corrected chi connectivity index (χ0v) is 25.1. The van der Waals surface area contributed by atoms with Gasteiger partial charge in [0.1, 0.15) is 6.04 Å². The lowest BCUT2D eigenvalue weighted by atomic mass is 9.43. The molecule has 4 unspecified atom stereocenters. The molecule has 5 aliphatic rings. The third kappa shape index (κ3) is 5.19. The van der Waals surface area contributed by atoms with E-state index in [2.05, 4.69) is 64.3 Å². The molecule has 39 heavy (non-hydrogen) atoms. The molecule has 1 heterocycles. The Labute approximate surface area is 235 Å². The van der Waals surface area contributed by atoms with Crippen LogP contribution in [0.15, 0.2) is 24.3 Å². The SMILES string of the molecule is CCC(C)[C@H](NC(=O)C1CCCc2ccccc21)C(=O)N[C@@H](CC(C)C)B1O[C@@H]2CC3CC(C3(C)C)[C@@]2(C)O1. The van der Waals surface area contributed by atoms with Crippen molar-refractivity contribution in [2.75, 3.05) is 0 Å². The van der Waals surface area contributed by atoms with Crippen LogP contribution in [0, 0.1) is 29.1 Å². The highest BCUT2D eigenvalue weighted by atomic mass is 16.7. The molecule has 2 N–H and O–H groups in total. The first-order chi connectivity index (χ1) is 18.5. The molecule has 0 radical (unpaired) electrons. The first-order valence-electron chi connectivity index (χ1n) is 15.5. The van der Waals surface area contributed by atoms with E-state index >= 15 is 0 Å². The van der Waals surface area contributed by atoms with Gasteiger partial charge >= 0.3 is 7.12 Å². The van der Waals surface area contributed by atoms with Gasteiger partial charge in [0, 0.05) is 0 Å². The second-order valence-electron chi connectivity index (χ2n) is 14.1. The number of nitrogens with one attached hydrogen (secondary N) is 2. The summed E-state index contributed by atoms with van der Waals surface area (Å²) in [6.07, 6.45) is 6.65. The van der Waals surface area contributed by atoms with Crippen molar-refractivity contribution in [3.8, 4) is 0 Å². The van der Waals surface area contributed by atoms with Crippen LogP contribution in [-0.4, -0.2) is 42.6 Å². The number of hydrogen-bond donors (Lipinski definition) is 2. The Morgan fingerprint density at radius 3 is 2.54 bits per heavy atom. The summed E-state index contributed by atoms with van der Waals surface area (Å²) in [6, 6.07) is 7.63. The molecular formula is C32H49BN2O4. The first-order valence-corrected chi connectivity index (χ1v) is 15.5. The van der Waals surface area contributed by atoms with E-state index in [1.807, 2.05) is 19.1 Å². The third-order valence-electron chi connectivity index (χ3n) is 10.8. The topological polar surface area (TPSA) is 76.7 Å². The Kier molecular flexibility index (Phi) is 7.98. The van der Waals surface area contributed by atoms with Crippen LogP contribution in [0.3, 0.4) is 0 Å². The van der Waals surface area contributed by atoms with Gasteiger partial charge in [-0.05, 0) is 85.7 Å². The van der Waals surface area contributed by atoms with Crippen LogP contribution in [0.2, 0.25) is 0 Å². The van der Waals surface area contributed by atoms with Crippen molar-refractivity contribution >= 4 is 18.9 Å². The van der Waals surface area contributed by atoms with Crippen LogP contribution in [0.5, 0.6) is 0 Å². The Morgan fingerprint density at radius 1 is 1.10 bits per heavy atom. The molecule has 2 amide bonds. The lowest BCUT2D eigenvalue weighted by molar-refractivity contribution is -0.199. The predicted molar refractivity (Wildman–Crippen MR) is 155 cm³/mol. The smallest absolute Gasteiger partial charge is 0.404 e. The summed E-state index contributed by atoms with van der Waals surface area (Å²) in [5.41, 5.74) is 2.30. The van der Waals surface area contributed by atoms with Crippen molar-refractivity contribution in [3.63, 3.8) is 0 Å². The molecule has 1 saturated heterocycles. The molecule has 6 nitrogen and oxygen atoms in total. The van der Waals surface area contributed by atoms with Gasteiger partial charge in [0.05, 0.1) is 23.6 Å². The monoisotopic (exact) mass is 536 g/mol. The number of hydrogen-bond acceptors (Lipinski definition) is 4. The molecule has 0 aromatic heterocycles. The molecule has 1 aromatic rings. The highest BCUT2D eigenvalue weighted by molar-refractivity contribution is 6.48. The van der Waals surface area contributed by atoms with Crippen molar-refractivity contribution < 1.29 is 18.9 Å². The highest BCUT2D eigenvalue weighted by Gasteiger charge is 2.68. The van der Waals surface area contributed by atoms with Gasteiger partial charge in [-0.3, -0.25) is 9.59 Å². The van der Waals surface area contributed by atoms with Crippen LogP contribution < -0.4 is 10.6 Å². The zero-order chi connectivity index (χ0) is 28.1. The molecule has 4 aliphatic carbocycles. The fraction of sp³-hybridized carbons (Fsp3) is 0.750. The van der Waals surface area contributed by atoms with Crippen molar-refractivity contribution in [3.05, 3.63) is 35.4 Å². The van der Waals surface area contributed by atoms with Gasteiger partial charge in [0.2, 0.25) is 11.8 Å². The normalized spacial score (nSPS) is 32.9. The largest absolute Gasteiger partial charge is 0.481 e. The number of carbonyl (C=O) groups is 2. The summed E-state index contributed by atoms with van der Waals surface area (Å²) in [5, 5.41) is 6.48. The van der Waals surface area contributed by atoms with Crippen molar-refractivity contribution in [2.24, 2.45) is 29.1 Å². The van der Waals surface area contributed by atoms with Gasteiger partial charge in [-0.2, -0.15) is 0 Å². The molecule has 214 valence electrons. The molecule has 8 atom stereocenters. The maximum Gasteiger partial charge on any atom is 0.481 e. The second kappa shape index (κ2) is 10.9. The minimum atomic E-state index is -0.600. The number of aryl methyl sites for hydroxylation is 1. The van der Waals surface area contributed by atoms with Crippen LogP contribution in [-0.2, 0) is 25.3 Å². The Balaban J connectivity index is 1.31. The Morgan fingerprint density at radius 2 is 1.85 bits per heavy atom. The average molecular weight is 537 g/mol. The van der Waals surface area contributed by atoms with E-state index in [0.717, 1.165) is 44.1 Å². The molecule has 3 saturated carbocycles. The van der Waals surface area contributed by atoms with Crippen molar-refractivity contribution in [2.45, 2.75) is 123 Å². The lowest BCUT2D eigenvalue weighted by Crippen LogP contribution is -2.65. The molecule has 0 spiro atoms. The fourth-order valence-electron chi connectivity index (χ4n) is 8.07. The molecule has 6 rings (SSSR count). The molecule has 1 aromatic carbocycles. The summed E-state index contributed by atoms with van der Waals surface area (Å²) < 4.78 is 13.3. The second-order valence-corrected chi connectivity index (χ2v) is 14.1.